The number of hydrogen-bond donors (Lipinski definition) is 2. The van der Waals surface area contributed by atoms with Gasteiger partial charge in [-0.05, 0) is 54.4 Å². The number of nitrogens with two attached hydrogens (primary N) is 1. The van der Waals surface area contributed by atoms with Gasteiger partial charge < -0.3 is 11.1 Å². The van der Waals surface area contributed by atoms with E-state index < -0.39 is 5.91 Å². The van der Waals surface area contributed by atoms with Crippen molar-refractivity contribution < 1.29 is 9.59 Å². The molecular weight excluding hydrogens is 443 g/mol. The second-order valence-electron chi connectivity index (χ2n) is 6.31. The zero-order chi connectivity index (χ0) is 22.1. The Morgan fingerprint density at radius 2 is 1.60 bits per heavy atom. The highest BCUT2D eigenvalue weighted by Crippen LogP contribution is 2.27. The van der Waals surface area contributed by atoms with E-state index in [1.54, 1.807) is 42.5 Å². The van der Waals surface area contributed by atoms with Crippen LogP contribution >= 0.6 is 34.8 Å². The molecule has 3 rings (SSSR count). The SMILES string of the molecule is Cc1ccccc1CN.O=C(CCl)Nc1cccc(Cl)c1C(=O)c1ccc(Cl)cc1. The van der Waals surface area contributed by atoms with E-state index >= 15 is 0 Å². The van der Waals surface area contributed by atoms with E-state index in [9.17, 15) is 9.59 Å². The van der Waals surface area contributed by atoms with Crippen LogP contribution in [0.1, 0.15) is 27.0 Å². The van der Waals surface area contributed by atoms with Gasteiger partial charge in [0.2, 0.25) is 5.91 Å². The number of rotatable bonds is 5. The van der Waals surface area contributed by atoms with Gasteiger partial charge in [0.05, 0.1) is 16.3 Å². The molecule has 4 nitrogen and oxygen atoms in total. The molecule has 156 valence electrons. The number of amides is 1. The first-order valence-electron chi connectivity index (χ1n) is 9.06. The summed E-state index contributed by atoms with van der Waals surface area (Å²) in [6.45, 7) is 2.72. The van der Waals surface area contributed by atoms with Crippen molar-refractivity contribution in [2.24, 2.45) is 5.73 Å². The van der Waals surface area contributed by atoms with Crippen molar-refractivity contribution >= 4 is 52.2 Å². The molecule has 0 aliphatic carbocycles. The molecule has 3 aromatic carbocycles. The lowest BCUT2D eigenvalue weighted by atomic mass is 10.0. The molecule has 0 unspecified atom stereocenters. The lowest BCUT2D eigenvalue weighted by Crippen LogP contribution is -2.16. The average molecular weight is 464 g/mol. The van der Waals surface area contributed by atoms with Gasteiger partial charge in [-0.1, -0.05) is 53.5 Å². The summed E-state index contributed by atoms with van der Waals surface area (Å²) in [6, 6.07) is 19.4. The Hall–Kier alpha value is -2.37. The molecule has 0 heterocycles. The van der Waals surface area contributed by atoms with Crippen LogP contribution in [0.5, 0.6) is 0 Å². The van der Waals surface area contributed by atoms with E-state index in [-0.39, 0.29) is 22.2 Å². The van der Waals surface area contributed by atoms with Crippen LogP contribution in [0.15, 0.2) is 66.7 Å². The molecule has 0 atom stereocenters. The summed E-state index contributed by atoms with van der Waals surface area (Å²) >= 11 is 17.4. The highest BCUT2D eigenvalue weighted by Gasteiger charge is 2.18. The number of ketones is 1. The molecule has 0 aromatic heterocycles. The second kappa shape index (κ2) is 11.7. The fraction of sp³-hybridized carbons (Fsp3) is 0.130. The second-order valence-corrected chi connectivity index (χ2v) is 7.42. The van der Waals surface area contributed by atoms with Gasteiger partial charge in [0.25, 0.3) is 0 Å². The third-order valence-electron chi connectivity index (χ3n) is 4.22. The van der Waals surface area contributed by atoms with Crippen molar-refractivity contribution in [3.63, 3.8) is 0 Å². The average Bonchev–Trinajstić information content (AvgIpc) is 2.75. The van der Waals surface area contributed by atoms with Crippen molar-refractivity contribution in [3.8, 4) is 0 Å². The maximum absolute atomic E-state index is 12.6. The molecule has 0 saturated heterocycles. The predicted molar refractivity (Wildman–Crippen MR) is 125 cm³/mol. The number of alkyl halides is 1. The molecule has 0 aliphatic heterocycles. The van der Waals surface area contributed by atoms with Gasteiger partial charge in [0, 0.05) is 17.1 Å². The predicted octanol–water partition coefficient (Wildman–Crippen LogP) is 5.86. The van der Waals surface area contributed by atoms with Crippen LogP contribution in [-0.2, 0) is 11.3 Å². The fourth-order valence-electron chi connectivity index (χ4n) is 2.63. The maximum Gasteiger partial charge on any atom is 0.239 e. The molecule has 30 heavy (non-hydrogen) atoms. The van der Waals surface area contributed by atoms with Gasteiger partial charge in [-0.15, -0.1) is 11.6 Å². The molecule has 7 heteroatoms. The van der Waals surface area contributed by atoms with Gasteiger partial charge in [-0.25, -0.2) is 0 Å². The molecule has 0 fully saturated rings. The minimum atomic E-state index is -0.413. The fourth-order valence-corrected chi connectivity index (χ4v) is 3.08. The molecule has 3 aromatic rings. The van der Waals surface area contributed by atoms with E-state index in [4.69, 9.17) is 40.5 Å². The van der Waals surface area contributed by atoms with E-state index in [0.29, 0.717) is 22.8 Å². The normalized spacial score (nSPS) is 10.0. The van der Waals surface area contributed by atoms with Crippen molar-refractivity contribution in [1.82, 2.24) is 0 Å². The Morgan fingerprint density at radius 3 is 2.17 bits per heavy atom. The van der Waals surface area contributed by atoms with Crippen LogP contribution in [0.4, 0.5) is 5.69 Å². The largest absolute Gasteiger partial charge is 0.326 e. The molecule has 3 N–H and O–H groups in total. The van der Waals surface area contributed by atoms with Gasteiger partial charge in [0.15, 0.2) is 5.78 Å². The quantitative estimate of drug-likeness (QED) is 0.368. The van der Waals surface area contributed by atoms with Gasteiger partial charge in [-0.3, -0.25) is 9.59 Å². The summed E-state index contributed by atoms with van der Waals surface area (Å²) in [4.78, 5) is 24.0. The van der Waals surface area contributed by atoms with Crippen molar-refractivity contribution in [2.75, 3.05) is 11.2 Å². The van der Waals surface area contributed by atoms with Crippen LogP contribution in [-0.4, -0.2) is 17.6 Å². The summed E-state index contributed by atoms with van der Waals surface area (Å²) < 4.78 is 0. The molecule has 0 spiro atoms. The van der Waals surface area contributed by atoms with Gasteiger partial charge in [0.1, 0.15) is 5.88 Å². The molecule has 1 amide bonds. The van der Waals surface area contributed by atoms with Crippen LogP contribution in [0, 0.1) is 6.92 Å². The minimum absolute atomic E-state index is 0.207. The highest BCUT2D eigenvalue weighted by molar-refractivity contribution is 6.36. The third-order valence-corrected chi connectivity index (χ3v) is 5.03. The van der Waals surface area contributed by atoms with E-state index in [1.165, 1.54) is 11.1 Å². The van der Waals surface area contributed by atoms with Gasteiger partial charge >= 0.3 is 0 Å². The molecule has 0 bridgehead atoms. The van der Waals surface area contributed by atoms with Crippen LogP contribution < -0.4 is 11.1 Å². The Balaban J connectivity index is 0.000000297. The number of hydrogen-bond acceptors (Lipinski definition) is 3. The Bertz CT molecular complexity index is 1020. The van der Waals surface area contributed by atoms with Gasteiger partial charge in [-0.2, -0.15) is 0 Å². The summed E-state index contributed by atoms with van der Waals surface area (Å²) in [5.41, 5.74) is 8.94. The summed E-state index contributed by atoms with van der Waals surface area (Å²) in [6.07, 6.45) is 0. The highest BCUT2D eigenvalue weighted by atomic mass is 35.5. The smallest absolute Gasteiger partial charge is 0.239 e. The number of benzene rings is 3. The van der Waals surface area contributed by atoms with Crippen LogP contribution in [0.25, 0.3) is 0 Å². The standard InChI is InChI=1S/C15H10Cl3NO2.C8H11N/c16-8-13(20)19-12-3-1-2-11(18)14(12)15(21)9-4-6-10(17)7-5-9;1-7-4-2-3-5-8(7)6-9/h1-7H,8H2,(H,19,20);2-5H,6,9H2,1H3. The zero-order valence-corrected chi connectivity index (χ0v) is 18.6. The maximum atomic E-state index is 12.6. The first-order valence-corrected chi connectivity index (χ1v) is 10.4. The third kappa shape index (κ3) is 6.57. The van der Waals surface area contributed by atoms with E-state index in [1.807, 2.05) is 12.1 Å². The first-order chi connectivity index (χ1) is 14.4. The lowest BCUT2D eigenvalue weighted by Gasteiger charge is -2.11. The molecule has 0 aliphatic rings. The zero-order valence-electron chi connectivity index (χ0n) is 16.3. The minimum Gasteiger partial charge on any atom is -0.326 e. The monoisotopic (exact) mass is 462 g/mol. The molecular formula is C23H21Cl3N2O2. The summed E-state index contributed by atoms with van der Waals surface area (Å²) in [5.74, 6) is -0.924. The molecule has 0 radical (unpaired) electrons. The number of halogens is 3. The Kier molecular flexibility index (Phi) is 9.34. The summed E-state index contributed by atoms with van der Waals surface area (Å²) in [7, 11) is 0. The number of nitrogens with one attached hydrogen (secondary N) is 1. The number of aryl methyl sites for hydroxylation is 1. The van der Waals surface area contributed by atoms with E-state index in [0.717, 1.165) is 0 Å². The Morgan fingerprint density at radius 1 is 0.933 bits per heavy atom. The topological polar surface area (TPSA) is 72.2 Å². The Labute approximate surface area is 190 Å². The van der Waals surface area contributed by atoms with Crippen LogP contribution in [0.3, 0.4) is 0 Å². The summed E-state index contributed by atoms with van der Waals surface area (Å²) in [5, 5.41) is 3.34. The van der Waals surface area contributed by atoms with E-state index in [2.05, 4.69) is 24.4 Å². The number of carbonyl (C=O) groups excluding carboxylic acids is 2. The van der Waals surface area contributed by atoms with Crippen molar-refractivity contribution in [2.45, 2.75) is 13.5 Å². The number of anilines is 1. The number of carbonyl (C=O) groups is 2. The lowest BCUT2D eigenvalue weighted by molar-refractivity contribution is -0.113. The van der Waals surface area contributed by atoms with Crippen LogP contribution in [0.2, 0.25) is 10.0 Å². The van der Waals surface area contributed by atoms with Crippen molar-refractivity contribution in [3.05, 3.63) is 99.0 Å². The van der Waals surface area contributed by atoms with Crippen molar-refractivity contribution in [1.29, 1.82) is 0 Å². The molecule has 0 saturated carbocycles. The first kappa shape index (κ1) is 23.9.